The Morgan fingerprint density at radius 1 is 1.30 bits per heavy atom. The van der Waals surface area contributed by atoms with E-state index >= 15 is 0 Å². The van der Waals surface area contributed by atoms with Crippen molar-refractivity contribution in [3.05, 3.63) is 39.6 Å². The largest absolute Gasteiger partial charge is 0.393 e. The van der Waals surface area contributed by atoms with Crippen LogP contribution in [0.25, 0.3) is 0 Å². The molecule has 158 valence electrons. The fourth-order valence-electron chi connectivity index (χ4n) is 4.23. The Balaban J connectivity index is 1.64. The monoisotopic (exact) mass is 411 g/mol. The summed E-state index contributed by atoms with van der Waals surface area (Å²) in [5, 5.41) is 17.0. The number of nitrogens with two attached hydrogens (primary N) is 1. The Kier molecular flexibility index (Phi) is 5.39. The molecule has 1 saturated heterocycles. The molecular weight excluding hydrogens is 386 g/mol. The predicted molar refractivity (Wildman–Crippen MR) is 114 cm³/mol. The molecule has 4 N–H and O–H groups in total. The smallest absolute Gasteiger partial charge is 0.294 e. The first-order valence-electron chi connectivity index (χ1n) is 10.1. The van der Waals surface area contributed by atoms with E-state index in [1.165, 1.54) is 12.1 Å². The zero-order valence-corrected chi connectivity index (χ0v) is 16.9. The van der Waals surface area contributed by atoms with Gasteiger partial charge in [0.15, 0.2) is 0 Å². The van der Waals surface area contributed by atoms with Crippen LogP contribution in [0.5, 0.6) is 0 Å². The number of carbonyl (C=O) groups is 1. The molecule has 0 spiro atoms. The Morgan fingerprint density at radius 2 is 2.13 bits per heavy atom. The van der Waals surface area contributed by atoms with Crippen molar-refractivity contribution in [2.45, 2.75) is 32.1 Å². The molecule has 1 atom stereocenters. The van der Waals surface area contributed by atoms with Gasteiger partial charge in [-0.2, -0.15) is 4.98 Å². The van der Waals surface area contributed by atoms with E-state index in [1.807, 2.05) is 0 Å². The van der Waals surface area contributed by atoms with Crippen LogP contribution in [0, 0.1) is 16.0 Å². The summed E-state index contributed by atoms with van der Waals surface area (Å²) in [5.41, 5.74) is 8.27. The second-order valence-corrected chi connectivity index (χ2v) is 7.70. The average molecular weight is 411 g/mol. The summed E-state index contributed by atoms with van der Waals surface area (Å²) in [7, 11) is 1.66. The van der Waals surface area contributed by atoms with Crippen LogP contribution < -0.4 is 21.3 Å². The third-order valence-corrected chi connectivity index (χ3v) is 5.73. The van der Waals surface area contributed by atoms with Crippen molar-refractivity contribution in [1.29, 1.82) is 0 Å². The number of nitro groups is 1. The molecule has 1 aliphatic heterocycles. The highest BCUT2D eigenvalue weighted by Crippen LogP contribution is 2.34. The van der Waals surface area contributed by atoms with Crippen molar-refractivity contribution in [2.75, 3.05) is 36.1 Å². The van der Waals surface area contributed by atoms with Gasteiger partial charge in [-0.05, 0) is 44.2 Å². The van der Waals surface area contributed by atoms with Gasteiger partial charge in [0.25, 0.3) is 5.69 Å². The second-order valence-electron chi connectivity index (χ2n) is 7.70. The van der Waals surface area contributed by atoms with Crippen LogP contribution in [-0.4, -0.2) is 40.9 Å². The molecular formula is C20H25N7O3. The van der Waals surface area contributed by atoms with Crippen LogP contribution in [-0.2, 0) is 17.6 Å². The average Bonchev–Trinajstić information content (AvgIpc) is 3.22. The van der Waals surface area contributed by atoms with Gasteiger partial charge in [0.1, 0.15) is 11.5 Å². The van der Waals surface area contributed by atoms with Crippen LogP contribution in [0.15, 0.2) is 18.2 Å². The SMILES string of the molecule is CNC(=O)[C@@H]1CCCN(c2nc(Nc3ccc(N)c([N+](=O)[O-])c3)nc3c2CCC3)C1. The second kappa shape index (κ2) is 8.13. The van der Waals surface area contributed by atoms with Gasteiger partial charge in [0, 0.05) is 37.5 Å². The number of aryl methyl sites for hydroxylation is 1. The summed E-state index contributed by atoms with van der Waals surface area (Å²) in [6.07, 6.45) is 4.58. The Bertz CT molecular complexity index is 995. The van der Waals surface area contributed by atoms with Crippen molar-refractivity contribution in [2.24, 2.45) is 5.92 Å². The molecule has 1 aliphatic carbocycles. The fraction of sp³-hybridized carbons (Fsp3) is 0.450. The Hall–Kier alpha value is -3.43. The molecule has 1 amide bonds. The minimum absolute atomic E-state index is 0.0536. The zero-order valence-electron chi connectivity index (χ0n) is 16.9. The molecule has 10 heteroatoms. The summed E-state index contributed by atoms with van der Waals surface area (Å²) >= 11 is 0. The zero-order chi connectivity index (χ0) is 21.3. The lowest BCUT2D eigenvalue weighted by Gasteiger charge is -2.34. The minimum Gasteiger partial charge on any atom is -0.393 e. The van der Waals surface area contributed by atoms with E-state index in [1.54, 1.807) is 13.1 Å². The number of piperidine rings is 1. The van der Waals surface area contributed by atoms with Crippen molar-refractivity contribution >= 4 is 34.7 Å². The Labute approximate surface area is 174 Å². The fourth-order valence-corrected chi connectivity index (χ4v) is 4.23. The number of hydrogen-bond acceptors (Lipinski definition) is 8. The summed E-state index contributed by atoms with van der Waals surface area (Å²) < 4.78 is 0. The number of nitrogens with one attached hydrogen (secondary N) is 2. The number of nitro benzene ring substituents is 1. The first-order chi connectivity index (χ1) is 14.5. The van der Waals surface area contributed by atoms with E-state index in [0.717, 1.165) is 55.7 Å². The Morgan fingerprint density at radius 3 is 2.90 bits per heavy atom. The van der Waals surface area contributed by atoms with E-state index in [9.17, 15) is 14.9 Å². The molecule has 1 fully saturated rings. The molecule has 1 aromatic carbocycles. The number of nitrogens with zero attached hydrogens (tertiary/aromatic N) is 4. The number of amides is 1. The molecule has 4 rings (SSSR count). The van der Waals surface area contributed by atoms with Crippen molar-refractivity contribution in [3.63, 3.8) is 0 Å². The maximum absolute atomic E-state index is 12.2. The number of hydrogen-bond donors (Lipinski definition) is 3. The van der Waals surface area contributed by atoms with Crippen LogP contribution in [0.2, 0.25) is 0 Å². The molecule has 1 aromatic heterocycles. The predicted octanol–water partition coefficient (Wildman–Crippen LogP) is 2.16. The molecule has 2 heterocycles. The van der Waals surface area contributed by atoms with E-state index in [4.69, 9.17) is 10.7 Å². The van der Waals surface area contributed by atoms with E-state index in [2.05, 4.69) is 20.5 Å². The van der Waals surface area contributed by atoms with Gasteiger partial charge in [-0.1, -0.05) is 0 Å². The van der Waals surface area contributed by atoms with Gasteiger partial charge in [0.2, 0.25) is 11.9 Å². The third kappa shape index (κ3) is 3.85. The normalized spacial score (nSPS) is 18.0. The van der Waals surface area contributed by atoms with Gasteiger partial charge in [-0.3, -0.25) is 14.9 Å². The number of aromatic nitrogens is 2. The van der Waals surface area contributed by atoms with E-state index in [-0.39, 0.29) is 23.2 Å². The van der Waals surface area contributed by atoms with Crippen molar-refractivity contribution in [1.82, 2.24) is 15.3 Å². The van der Waals surface area contributed by atoms with Crippen molar-refractivity contribution < 1.29 is 9.72 Å². The first-order valence-corrected chi connectivity index (χ1v) is 10.1. The number of rotatable bonds is 5. The van der Waals surface area contributed by atoms with Gasteiger partial charge in [-0.25, -0.2) is 4.98 Å². The topological polar surface area (TPSA) is 139 Å². The number of benzene rings is 1. The molecule has 0 unspecified atom stereocenters. The molecule has 10 nitrogen and oxygen atoms in total. The molecule has 0 radical (unpaired) electrons. The van der Waals surface area contributed by atoms with Crippen molar-refractivity contribution in [3.8, 4) is 0 Å². The number of nitrogen functional groups attached to an aromatic ring is 1. The maximum Gasteiger partial charge on any atom is 0.294 e. The quantitative estimate of drug-likeness (QED) is 0.386. The molecule has 2 aromatic rings. The van der Waals surface area contributed by atoms with Crippen LogP contribution in [0.1, 0.15) is 30.5 Å². The van der Waals surface area contributed by atoms with E-state index in [0.29, 0.717) is 18.2 Å². The van der Waals surface area contributed by atoms with Crippen LogP contribution >= 0.6 is 0 Å². The van der Waals surface area contributed by atoms with Gasteiger partial charge in [-0.15, -0.1) is 0 Å². The molecule has 2 aliphatic rings. The molecule has 30 heavy (non-hydrogen) atoms. The lowest BCUT2D eigenvalue weighted by Crippen LogP contribution is -2.43. The maximum atomic E-state index is 12.2. The first kappa shape index (κ1) is 19.9. The number of fused-ring (bicyclic) bond motifs is 1. The van der Waals surface area contributed by atoms with Crippen LogP contribution in [0.4, 0.5) is 28.8 Å². The number of carbonyl (C=O) groups excluding carboxylic acids is 1. The third-order valence-electron chi connectivity index (χ3n) is 5.73. The summed E-state index contributed by atoms with van der Waals surface area (Å²) in [5.74, 6) is 1.25. The van der Waals surface area contributed by atoms with Crippen LogP contribution in [0.3, 0.4) is 0 Å². The summed E-state index contributed by atoms with van der Waals surface area (Å²) in [6, 6.07) is 4.54. The summed E-state index contributed by atoms with van der Waals surface area (Å²) in [6.45, 7) is 1.46. The molecule has 0 bridgehead atoms. The highest BCUT2D eigenvalue weighted by atomic mass is 16.6. The van der Waals surface area contributed by atoms with E-state index < -0.39 is 4.92 Å². The standard InChI is InChI=1S/C20H25N7O3/c1-22-19(28)12-4-3-9-26(11-12)18-14-5-2-6-16(14)24-20(25-18)23-13-7-8-15(21)17(10-13)27(29)30/h7-8,10,12H,2-6,9,11,21H2,1H3,(H,22,28)(H,23,24,25)/t12-/m1/s1. The van der Waals surface area contributed by atoms with Gasteiger partial charge in [0.05, 0.1) is 16.5 Å². The highest BCUT2D eigenvalue weighted by Gasteiger charge is 2.29. The van der Waals surface area contributed by atoms with Gasteiger partial charge < -0.3 is 21.3 Å². The lowest BCUT2D eigenvalue weighted by molar-refractivity contribution is -0.383. The number of anilines is 4. The highest BCUT2D eigenvalue weighted by molar-refractivity contribution is 5.79. The van der Waals surface area contributed by atoms with Gasteiger partial charge >= 0.3 is 0 Å². The minimum atomic E-state index is -0.512. The lowest BCUT2D eigenvalue weighted by atomic mass is 9.97. The molecule has 0 saturated carbocycles. The summed E-state index contributed by atoms with van der Waals surface area (Å²) in [4.78, 5) is 34.4.